The summed E-state index contributed by atoms with van der Waals surface area (Å²) < 4.78 is 7.35. The first kappa shape index (κ1) is 20.9. The van der Waals surface area contributed by atoms with Gasteiger partial charge in [0.2, 0.25) is 5.91 Å². The number of nitrogens with one attached hydrogen (secondary N) is 2. The van der Waals surface area contributed by atoms with Crippen LogP contribution in [0.5, 0.6) is 5.75 Å². The molecule has 158 valence electrons. The molecule has 0 atom stereocenters. The number of nitrogens with zero attached hydrogens (tertiary/aromatic N) is 4. The predicted octanol–water partition coefficient (Wildman–Crippen LogP) is 4.08. The number of hydrogen-bond donors (Lipinski definition) is 2. The number of anilines is 2. The molecule has 31 heavy (non-hydrogen) atoms. The topological polar surface area (TPSA) is 94.0 Å². The van der Waals surface area contributed by atoms with Crippen LogP contribution in [0, 0.1) is 0 Å². The molecule has 2 N–H and O–H groups in total. The van der Waals surface area contributed by atoms with E-state index in [2.05, 4.69) is 25.8 Å². The van der Waals surface area contributed by atoms with Crippen LogP contribution in [-0.4, -0.2) is 38.5 Å². The van der Waals surface area contributed by atoms with Crippen molar-refractivity contribution in [1.82, 2.24) is 19.7 Å². The van der Waals surface area contributed by atoms with E-state index in [1.165, 1.54) is 23.1 Å². The highest BCUT2D eigenvalue weighted by Crippen LogP contribution is 2.26. The number of thiazole rings is 1. The van der Waals surface area contributed by atoms with Crippen LogP contribution in [0.25, 0.3) is 5.69 Å². The number of thioether (sulfide) groups is 1. The van der Waals surface area contributed by atoms with E-state index in [4.69, 9.17) is 4.74 Å². The molecule has 2 heterocycles. The number of ether oxygens (including phenoxy) is 1. The Labute approximate surface area is 187 Å². The van der Waals surface area contributed by atoms with Crippen molar-refractivity contribution in [3.8, 4) is 11.4 Å². The average molecular weight is 453 g/mol. The van der Waals surface area contributed by atoms with Gasteiger partial charge in [0.05, 0.1) is 25.1 Å². The van der Waals surface area contributed by atoms with Crippen LogP contribution in [0.4, 0.5) is 10.8 Å². The summed E-state index contributed by atoms with van der Waals surface area (Å²) in [7, 11) is 1.64. The number of para-hydroxylation sites is 3. The second kappa shape index (κ2) is 10.1. The van der Waals surface area contributed by atoms with Crippen molar-refractivity contribution in [2.24, 2.45) is 0 Å². The lowest BCUT2D eigenvalue weighted by Gasteiger charge is -2.13. The fourth-order valence-corrected chi connectivity index (χ4v) is 4.20. The fourth-order valence-electron chi connectivity index (χ4n) is 2.88. The van der Waals surface area contributed by atoms with Crippen molar-refractivity contribution in [2.45, 2.75) is 11.7 Å². The van der Waals surface area contributed by atoms with E-state index in [0.29, 0.717) is 16.8 Å². The highest BCUT2D eigenvalue weighted by Gasteiger charge is 2.16. The summed E-state index contributed by atoms with van der Waals surface area (Å²) >= 11 is 2.70. The molecule has 4 rings (SSSR count). The minimum absolute atomic E-state index is 0.142. The van der Waals surface area contributed by atoms with Crippen LogP contribution in [0.15, 0.2) is 71.3 Å². The monoisotopic (exact) mass is 452 g/mol. The number of carbonyl (C=O) groups is 1. The number of methoxy groups -OCH3 is 1. The molecular weight excluding hydrogens is 432 g/mol. The van der Waals surface area contributed by atoms with E-state index in [1.54, 1.807) is 13.3 Å². The lowest BCUT2D eigenvalue weighted by atomic mass is 10.3. The molecule has 0 aliphatic carbocycles. The molecule has 4 aromatic rings. The molecule has 2 aromatic heterocycles. The first-order valence-electron chi connectivity index (χ1n) is 9.43. The molecule has 0 saturated heterocycles. The second-order valence-corrected chi connectivity index (χ2v) is 8.13. The van der Waals surface area contributed by atoms with Gasteiger partial charge in [-0.3, -0.25) is 9.36 Å². The SMILES string of the molecule is COc1ccccc1NCc1nnc(SCC(=O)Nc2nccs2)n1-c1ccccc1. The van der Waals surface area contributed by atoms with Gasteiger partial charge < -0.3 is 15.4 Å². The maximum absolute atomic E-state index is 12.3. The Bertz CT molecular complexity index is 1130. The summed E-state index contributed by atoms with van der Waals surface area (Å²) in [6.45, 7) is 0.439. The van der Waals surface area contributed by atoms with Crippen molar-refractivity contribution in [1.29, 1.82) is 0 Å². The van der Waals surface area contributed by atoms with Gasteiger partial charge in [0.1, 0.15) is 5.75 Å². The van der Waals surface area contributed by atoms with Gasteiger partial charge in [-0.2, -0.15) is 0 Å². The van der Waals surface area contributed by atoms with Crippen LogP contribution in [-0.2, 0) is 11.3 Å². The van der Waals surface area contributed by atoms with E-state index in [9.17, 15) is 4.79 Å². The van der Waals surface area contributed by atoms with E-state index < -0.39 is 0 Å². The average Bonchev–Trinajstić information content (AvgIpc) is 3.46. The first-order valence-corrected chi connectivity index (χ1v) is 11.3. The smallest absolute Gasteiger partial charge is 0.236 e. The van der Waals surface area contributed by atoms with E-state index in [1.807, 2.05) is 64.5 Å². The summed E-state index contributed by atoms with van der Waals surface area (Å²) in [6, 6.07) is 17.5. The van der Waals surface area contributed by atoms with Gasteiger partial charge in [0.15, 0.2) is 16.1 Å². The Hall–Kier alpha value is -3.37. The number of amides is 1. The van der Waals surface area contributed by atoms with Gasteiger partial charge in [-0.15, -0.1) is 21.5 Å². The van der Waals surface area contributed by atoms with Crippen molar-refractivity contribution >= 4 is 39.8 Å². The van der Waals surface area contributed by atoms with Crippen molar-refractivity contribution in [2.75, 3.05) is 23.5 Å². The van der Waals surface area contributed by atoms with Crippen LogP contribution in [0.3, 0.4) is 0 Å². The van der Waals surface area contributed by atoms with E-state index in [0.717, 1.165) is 22.9 Å². The molecule has 0 spiro atoms. The van der Waals surface area contributed by atoms with Gasteiger partial charge in [-0.05, 0) is 24.3 Å². The van der Waals surface area contributed by atoms with Crippen molar-refractivity contribution in [3.05, 3.63) is 72.0 Å². The highest BCUT2D eigenvalue weighted by atomic mass is 32.2. The Kier molecular flexibility index (Phi) is 6.80. The van der Waals surface area contributed by atoms with Crippen LogP contribution >= 0.6 is 23.1 Å². The summed E-state index contributed by atoms with van der Waals surface area (Å²) in [4.78, 5) is 16.3. The Balaban J connectivity index is 1.52. The van der Waals surface area contributed by atoms with Gasteiger partial charge in [0, 0.05) is 17.3 Å². The Morgan fingerprint density at radius 2 is 1.94 bits per heavy atom. The standard InChI is InChI=1S/C21H20N6O2S2/c1-29-17-10-6-5-9-16(17)23-13-18-25-26-21(27(18)15-7-3-2-4-8-15)31-14-19(28)24-20-22-11-12-30-20/h2-12,23H,13-14H2,1H3,(H,22,24,28). The molecule has 0 aliphatic rings. The van der Waals surface area contributed by atoms with E-state index >= 15 is 0 Å². The normalized spacial score (nSPS) is 10.6. The van der Waals surface area contributed by atoms with E-state index in [-0.39, 0.29) is 11.7 Å². The van der Waals surface area contributed by atoms with Crippen molar-refractivity contribution in [3.63, 3.8) is 0 Å². The van der Waals surface area contributed by atoms with Gasteiger partial charge in [0.25, 0.3) is 0 Å². The number of hydrogen-bond acceptors (Lipinski definition) is 8. The Morgan fingerprint density at radius 3 is 2.71 bits per heavy atom. The maximum atomic E-state index is 12.3. The second-order valence-electron chi connectivity index (χ2n) is 6.30. The number of rotatable bonds is 9. The Morgan fingerprint density at radius 1 is 1.13 bits per heavy atom. The quantitative estimate of drug-likeness (QED) is 0.370. The summed E-state index contributed by atoms with van der Waals surface area (Å²) in [5, 5.41) is 17.9. The van der Waals surface area contributed by atoms with Crippen LogP contribution < -0.4 is 15.4 Å². The number of carbonyl (C=O) groups excluding carboxylic acids is 1. The molecule has 1 amide bonds. The molecule has 0 aliphatic heterocycles. The predicted molar refractivity (Wildman–Crippen MR) is 123 cm³/mol. The maximum Gasteiger partial charge on any atom is 0.236 e. The van der Waals surface area contributed by atoms with Crippen molar-refractivity contribution < 1.29 is 9.53 Å². The zero-order valence-electron chi connectivity index (χ0n) is 16.7. The minimum Gasteiger partial charge on any atom is -0.495 e. The molecule has 8 nitrogen and oxygen atoms in total. The zero-order chi connectivity index (χ0) is 21.5. The van der Waals surface area contributed by atoms with Crippen LogP contribution in [0.1, 0.15) is 5.82 Å². The largest absolute Gasteiger partial charge is 0.495 e. The molecule has 10 heteroatoms. The number of aromatic nitrogens is 4. The third-order valence-electron chi connectivity index (χ3n) is 4.27. The third-order valence-corrected chi connectivity index (χ3v) is 5.89. The molecule has 0 saturated carbocycles. The van der Waals surface area contributed by atoms with Gasteiger partial charge in [-0.25, -0.2) is 4.98 Å². The number of benzene rings is 2. The molecule has 2 aromatic carbocycles. The minimum atomic E-state index is -0.142. The fraction of sp³-hybridized carbons (Fsp3) is 0.143. The third kappa shape index (κ3) is 5.22. The molecule has 0 bridgehead atoms. The highest BCUT2D eigenvalue weighted by molar-refractivity contribution is 7.99. The summed E-state index contributed by atoms with van der Waals surface area (Å²) in [6.07, 6.45) is 1.65. The van der Waals surface area contributed by atoms with Crippen LogP contribution in [0.2, 0.25) is 0 Å². The lowest BCUT2D eigenvalue weighted by Crippen LogP contribution is -2.14. The molecule has 0 fully saturated rings. The zero-order valence-corrected chi connectivity index (χ0v) is 18.3. The molecular formula is C21H20N6O2S2. The van der Waals surface area contributed by atoms with Gasteiger partial charge >= 0.3 is 0 Å². The summed E-state index contributed by atoms with van der Waals surface area (Å²) in [5.41, 5.74) is 1.79. The first-order chi connectivity index (χ1) is 15.2. The lowest BCUT2D eigenvalue weighted by molar-refractivity contribution is -0.113. The molecule has 0 radical (unpaired) electrons. The van der Waals surface area contributed by atoms with Gasteiger partial charge in [-0.1, -0.05) is 42.1 Å². The summed E-state index contributed by atoms with van der Waals surface area (Å²) in [5.74, 6) is 1.53. The molecule has 0 unspecified atom stereocenters.